The van der Waals surface area contributed by atoms with Crippen molar-refractivity contribution >= 4 is 33.4 Å². The number of carbonyl (C=O) groups is 1. The number of hydrogen-bond acceptors (Lipinski definition) is 3. The molecule has 31 heavy (non-hydrogen) atoms. The molecule has 1 amide bonds. The van der Waals surface area contributed by atoms with E-state index in [9.17, 15) is 9.90 Å². The van der Waals surface area contributed by atoms with Gasteiger partial charge in [-0.15, -0.1) is 0 Å². The molecular weight excluding hydrogens is 386 g/mol. The number of para-hydroxylation sites is 1. The quantitative estimate of drug-likeness (QED) is 0.392. The van der Waals surface area contributed by atoms with Gasteiger partial charge in [0, 0.05) is 16.5 Å². The molecule has 1 atom stereocenters. The van der Waals surface area contributed by atoms with Crippen LogP contribution in [0.1, 0.15) is 10.4 Å². The molecule has 0 radical (unpaired) electrons. The molecule has 0 saturated carbocycles. The monoisotopic (exact) mass is 405 g/mol. The molecule has 0 saturated heterocycles. The first-order valence-electron chi connectivity index (χ1n) is 10.2. The highest BCUT2D eigenvalue weighted by atomic mass is 16.3. The molecule has 5 nitrogen and oxygen atoms in total. The van der Waals surface area contributed by atoms with Crippen LogP contribution in [0, 0.1) is 0 Å². The maximum absolute atomic E-state index is 12.4. The number of aromatic nitrogens is 1. The summed E-state index contributed by atoms with van der Waals surface area (Å²) in [7, 11) is 0. The lowest BCUT2D eigenvalue weighted by atomic mass is 10.0. The minimum absolute atomic E-state index is 0.296. The Balaban J connectivity index is 1.60. The Morgan fingerprint density at radius 1 is 0.710 bits per heavy atom. The molecule has 0 spiro atoms. The average Bonchev–Trinajstić information content (AvgIpc) is 3.13. The van der Waals surface area contributed by atoms with E-state index in [4.69, 9.17) is 0 Å². The molecule has 2 heterocycles. The lowest BCUT2D eigenvalue weighted by Crippen LogP contribution is -2.44. The summed E-state index contributed by atoms with van der Waals surface area (Å²) in [5, 5.41) is 17.4. The summed E-state index contributed by atoms with van der Waals surface area (Å²) in [5.41, 5.74) is 6.51. The first-order chi connectivity index (χ1) is 15.2. The lowest BCUT2D eigenvalue weighted by molar-refractivity contribution is 0.0813. The van der Waals surface area contributed by atoms with Crippen molar-refractivity contribution in [1.29, 1.82) is 0 Å². The fraction of sp³-hybridized carbons (Fsp3) is 0.0385. The van der Waals surface area contributed by atoms with E-state index in [-0.39, 0.29) is 5.91 Å². The summed E-state index contributed by atoms with van der Waals surface area (Å²) < 4.78 is 2.18. The van der Waals surface area contributed by atoms with Gasteiger partial charge in [0.1, 0.15) is 0 Å². The average molecular weight is 405 g/mol. The van der Waals surface area contributed by atoms with E-state index in [0.717, 1.165) is 27.5 Å². The van der Waals surface area contributed by atoms with E-state index in [1.807, 2.05) is 48.5 Å². The highest BCUT2D eigenvalue weighted by Gasteiger charge is 2.23. The van der Waals surface area contributed by atoms with Gasteiger partial charge in [-0.2, -0.15) is 0 Å². The van der Waals surface area contributed by atoms with Crippen LogP contribution in [0.15, 0.2) is 91.0 Å². The van der Waals surface area contributed by atoms with Crippen LogP contribution < -0.4 is 10.6 Å². The van der Waals surface area contributed by atoms with E-state index >= 15 is 0 Å². The van der Waals surface area contributed by atoms with Gasteiger partial charge in [0.25, 0.3) is 5.91 Å². The molecule has 1 aliphatic heterocycles. The predicted molar refractivity (Wildman–Crippen MR) is 123 cm³/mol. The van der Waals surface area contributed by atoms with Crippen molar-refractivity contribution in [1.82, 2.24) is 9.88 Å². The maximum atomic E-state index is 12.4. The van der Waals surface area contributed by atoms with Crippen molar-refractivity contribution in [3.8, 4) is 16.8 Å². The highest BCUT2D eigenvalue weighted by Crippen LogP contribution is 2.35. The van der Waals surface area contributed by atoms with E-state index < -0.39 is 6.35 Å². The molecule has 4 aromatic carbocycles. The van der Waals surface area contributed by atoms with Gasteiger partial charge in [0.15, 0.2) is 0 Å². The van der Waals surface area contributed by atoms with Gasteiger partial charge < -0.3 is 20.3 Å². The van der Waals surface area contributed by atoms with E-state index in [1.54, 1.807) is 0 Å². The molecule has 3 N–H and O–H groups in total. The standard InChI is InChI=1S/C26H19N3O2/c30-25-21-15-18(11-12-22(21)27-26(31)28-25)29-23-9-5-4-8-19(23)20-14-17(10-13-24(20)29)16-6-2-1-3-7-16/h1-15,26-27,31H,(H,28,30). The predicted octanol–water partition coefficient (Wildman–Crippen LogP) is 4.88. The number of nitrogens with zero attached hydrogens (tertiary/aromatic N) is 1. The Hall–Kier alpha value is -4.09. The zero-order valence-electron chi connectivity index (χ0n) is 16.5. The molecule has 6 rings (SSSR count). The van der Waals surface area contributed by atoms with Crippen molar-refractivity contribution < 1.29 is 9.90 Å². The number of aliphatic hydroxyl groups excluding tert-OH is 1. The fourth-order valence-electron chi connectivity index (χ4n) is 4.43. The van der Waals surface area contributed by atoms with Gasteiger partial charge in [-0.3, -0.25) is 4.79 Å². The molecule has 5 heteroatoms. The third kappa shape index (κ3) is 2.79. The minimum Gasteiger partial charge on any atom is -0.356 e. The van der Waals surface area contributed by atoms with Crippen LogP contribution in [0.4, 0.5) is 5.69 Å². The number of hydrogen-bond donors (Lipinski definition) is 3. The highest BCUT2D eigenvalue weighted by molar-refractivity contribution is 6.11. The number of fused-ring (bicyclic) bond motifs is 4. The first-order valence-corrected chi connectivity index (χ1v) is 10.2. The van der Waals surface area contributed by atoms with E-state index in [0.29, 0.717) is 11.3 Å². The molecule has 0 aliphatic carbocycles. The van der Waals surface area contributed by atoms with E-state index in [1.165, 1.54) is 11.1 Å². The largest absolute Gasteiger partial charge is 0.356 e. The van der Waals surface area contributed by atoms with Crippen molar-refractivity contribution in [3.63, 3.8) is 0 Å². The van der Waals surface area contributed by atoms with E-state index in [2.05, 4.69) is 57.7 Å². The summed E-state index contributed by atoms with van der Waals surface area (Å²) in [4.78, 5) is 12.4. The van der Waals surface area contributed by atoms with Gasteiger partial charge in [0.05, 0.1) is 22.3 Å². The molecule has 150 valence electrons. The molecular formula is C26H19N3O2. The Bertz CT molecular complexity index is 1470. The number of carbonyl (C=O) groups excluding carboxylic acids is 1. The second-order valence-corrected chi connectivity index (χ2v) is 7.70. The number of nitrogens with one attached hydrogen (secondary N) is 2. The normalized spacial score (nSPS) is 15.5. The maximum Gasteiger partial charge on any atom is 0.256 e. The number of rotatable bonds is 2. The second-order valence-electron chi connectivity index (χ2n) is 7.70. The smallest absolute Gasteiger partial charge is 0.256 e. The topological polar surface area (TPSA) is 66.3 Å². The molecule has 0 fully saturated rings. The number of benzene rings is 4. The minimum atomic E-state index is -1.07. The van der Waals surface area contributed by atoms with Crippen LogP contribution in [0.25, 0.3) is 38.6 Å². The van der Waals surface area contributed by atoms with Gasteiger partial charge in [0.2, 0.25) is 6.35 Å². The van der Waals surface area contributed by atoms with Crippen LogP contribution in [0.2, 0.25) is 0 Å². The zero-order chi connectivity index (χ0) is 20.9. The third-order valence-corrected chi connectivity index (χ3v) is 5.85. The number of amides is 1. The molecule has 5 aromatic rings. The Kier molecular flexibility index (Phi) is 3.85. The van der Waals surface area contributed by atoms with Crippen LogP contribution in [-0.2, 0) is 0 Å². The van der Waals surface area contributed by atoms with Crippen LogP contribution >= 0.6 is 0 Å². The lowest BCUT2D eigenvalue weighted by Gasteiger charge is -2.24. The second kappa shape index (κ2) is 6.72. The summed E-state index contributed by atoms with van der Waals surface area (Å²) in [6, 6.07) is 30.8. The van der Waals surface area contributed by atoms with Gasteiger partial charge in [-0.25, -0.2) is 0 Å². The van der Waals surface area contributed by atoms with Crippen molar-refractivity contribution in [2.75, 3.05) is 5.32 Å². The SMILES string of the molecule is O=C1NC(O)Nc2ccc(-n3c4ccccc4c4cc(-c5ccccc5)ccc43)cc21. The van der Waals surface area contributed by atoms with Gasteiger partial charge in [-0.05, 0) is 47.5 Å². The first kappa shape index (κ1) is 17.7. The summed E-state index contributed by atoms with van der Waals surface area (Å²) in [5.74, 6) is -0.296. The zero-order valence-corrected chi connectivity index (χ0v) is 16.5. The molecule has 1 aliphatic rings. The van der Waals surface area contributed by atoms with Crippen molar-refractivity contribution in [3.05, 3.63) is 96.6 Å². The van der Waals surface area contributed by atoms with Crippen molar-refractivity contribution in [2.45, 2.75) is 6.35 Å². The van der Waals surface area contributed by atoms with Crippen LogP contribution in [0.5, 0.6) is 0 Å². The van der Waals surface area contributed by atoms with Crippen molar-refractivity contribution in [2.24, 2.45) is 0 Å². The molecule has 1 unspecified atom stereocenters. The Labute approximate surface area is 178 Å². The Morgan fingerprint density at radius 3 is 2.35 bits per heavy atom. The summed E-state index contributed by atoms with van der Waals surface area (Å²) in [6.45, 7) is 0. The van der Waals surface area contributed by atoms with Gasteiger partial charge in [-0.1, -0.05) is 54.6 Å². The van der Waals surface area contributed by atoms with Crippen LogP contribution in [0.3, 0.4) is 0 Å². The summed E-state index contributed by atoms with van der Waals surface area (Å²) >= 11 is 0. The number of anilines is 1. The van der Waals surface area contributed by atoms with Gasteiger partial charge >= 0.3 is 0 Å². The fourth-order valence-corrected chi connectivity index (χ4v) is 4.43. The number of aliphatic hydroxyl groups is 1. The van der Waals surface area contributed by atoms with Crippen LogP contribution in [-0.4, -0.2) is 21.9 Å². The third-order valence-electron chi connectivity index (χ3n) is 5.85. The molecule has 1 aromatic heterocycles. The summed E-state index contributed by atoms with van der Waals surface area (Å²) in [6.07, 6.45) is -1.07. The Morgan fingerprint density at radius 2 is 1.48 bits per heavy atom. The molecule has 0 bridgehead atoms.